The van der Waals surface area contributed by atoms with Crippen molar-refractivity contribution < 1.29 is 4.79 Å². The van der Waals surface area contributed by atoms with Gasteiger partial charge in [0.1, 0.15) is 0 Å². The van der Waals surface area contributed by atoms with Crippen molar-refractivity contribution in [2.75, 3.05) is 17.6 Å². The summed E-state index contributed by atoms with van der Waals surface area (Å²) >= 11 is 1.66. The number of hydrogen-bond acceptors (Lipinski definition) is 5. The van der Waals surface area contributed by atoms with E-state index in [1.807, 2.05) is 13.0 Å². The number of rotatable bonds is 5. The zero-order chi connectivity index (χ0) is 13.8. The van der Waals surface area contributed by atoms with Crippen molar-refractivity contribution in [2.45, 2.75) is 20.3 Å². The van der Waals surface area contributed by atoms with E-state index in [0.29, 0.717) is 11.3 Å². The van der Waals surface area contributed by atoms with Gasteiger partial charge in [-0.2, -0.15) is 0 Å². The third kappa shape index (κ3) is 3.54. The Labute approximate surface area is 116 Å². The molecule has 0 aliphatic carbocycles. The van der Waals surface area contributed by atoms with E-state index in [2.05, 4.69) is 15.7 Å². The minimum atomic E-state index is -0.0173. The fraction of sp³-hybridized carbons (Fsp3) is 0.286. The molecule has 0 radical (unpaired) electrons. The lowest BCUT2D eigenvalue weighted by Gasteiger charge is -2.08. The van der Waals surface area contributed by atoms with E-state index in [1.54, 1.807) is 23.5 Å². The first-order valence-electron chi connectivity index (χ1n) is 6.11. The summed E-state index contributed by atoms with van der Waals surface area (Å²) in [5, 5.41) is 6.44. The van der Waals surface area contributed by atoms with Crippen molar-refractivity contribution in [2.24, 2.45) is 0 Å². The van der Waals surface area contributed by atoms with Gasteiger partial charge in [0.05, 0.1) is 10.7 Å². The number of nitrogens with two attached hydrogens (primary N) is 1. The molecule has 0 saturated carbocycles. The van der Waals surface area contributed by atoms with E-state index in [4.69, 9.17) is 5.73 Å². The van der Waals surface area contributed by atoms with Gasteiger partial charge in [-0.3, -0.25) is 4.79 Å². The third-order valence-electron chi connectivity index (χ3n) is 2.81. The third-order valence-corrected chi connectivity index (χ3v) is 3.63. The summed E-state index contributed by atoms with van der Waals surface area (Å²) < 4.78 is 0. The van der Waals surface area contributed by atoms with Crippen LogP contribution in [0.15, 0.2) is 23.6 Å². The molecule has 0 spiro atoms. The number of Topliss-reactive ketones (excluding diaryl/α,β-unsaturated/α-hetero) is 1. The average molecular weight is 275 g/mol. The molecule has 1 heterocycles. The van der Waals surface area contributed by atoms with Gasteiger partial charge in [0.25, 0.3) is 0 Å². The van der Waals surface area contributed by atoms with Crippen LogP contribution < -0.4 is 11.1 Å². The first-order chi connectivity index (χ1) is 9.06. The first kappa shape index (κ1) is 13.5. The monoisotopic (exact) mass is 275 g/mol. The molecular weight excluding hydrogens is 258 g/mol. The standard InChI is InChI=1S/C14H17N3OS/c1-9(18)13-7-11(3-4-14(13)15)16-6-5-12-8-19-10(2)17-12/h3-4,7-8,16H,5-6,15H2,1-2H3. The lowest BCUT2D eigenvalue weighted by atomic mass is 10.1. The molecule has 0 bridgehead atoms. The van der Waals surface area contributed by atoms with Gasteiger partial charge in [0.2, 0.25) is 0 Å². The van der Waals surface area contributed by atoms with Gasteiger partial charge in [-0.15, -0.1) is 11.3 Å². The van der Waals surface area contributed by atoms with E-state index < -0.39 is 0 Å². The molecule has 19 heavy (non-hydrogen) atoms. The quantitative estimate of drug-likeness (QED) is 0.650. The second kappa shape index (κ2) is 5.84. The molecule has 0 aliphatic rings. The van der Waals surface area contributed by atoms with Crippen LogP contribution >= 0.6 is 11.3 Å². The molecular formula is C14H17N3OS. The Morgan fingerprint density at radius 3 is 2.89 bits per heavy atom. The Hall–Kier alpha value is -1.88. The predicted octanol–water partition coefficient (Wildman–Crippen LogP) is 2.89. The Morgan fingerprint density at radius 1 is 1.47 bits per heavy atom. The van der Waals surface area contributed by atoms with E-state index >= 15 is 0 Å². The van der Waals surface area contributed by atoms with Crippen molar-refractivity contribution in [3.8, 4) is 0 Å². The minimum Gasteiger partial charge on any atom is -0.398 e. The highest BCUT2D eigenvalue weighted by atomic mass is 32.1. The molecule has 0 fully saturated rings. The highest BCUT2D eigenvalue weighted by molar-refractivity contribution is 7.09. The maximum Gasteiger partial charge on any atom is 0.161 e. The molecule has 0 atom stereocenters. The summed E-state index contributed by atoms with van der Waals surface area (Å²) in [6, 6.07) is 5.43. The van der Waals surface area contributed by atoms with Crippen LogP contribution in [-0.4, -0.2) is 17.3 Å². The Balaban J connectivity index is 1.96. The lowest BCUT2D eigenvalue weighted by Crippen LogP contribution is -2.07. The largest absolute Gasteiger partial charge is 0.398 e. The number of ketones is 1. The fourth-order valence-electron chi connectivity index (χ4n) is 1.83. The zero-order valence-electron chi connectivity index (χ0n) is 11.1. The van der Waals surface area contributed by atoms with Crippen molar-refractivity contribution in [1.29, 1.82) is 0 Å². The summed E-state index contributed by atoms with van der Waals surface area (Å²) in [4.78, 5) is 15.8. The number of nitrogens with zero attached hydrogens (tertiary/aromatic N) is 1. The molecule has 0 unspecified atom stereocenters. The molecule has 100 valence electrons. The second-order valence-electron chi connectivity index (χ2n) is 4.39. The number of aryl methyl sites for hydroxylation is 1. The summed E-state index contributed by atoms with van der Waals surface area (Å²) in [6.07, 6.45) is 0.865. The fourth-order valence-corrected chi connectivity index (χ4v) is 2.48. The lowest BCUT2D eigenvalue weighted by molar-refractivity contribution is 0.101. The number of thiazole rings is 1. The Bertz CT molecular complexity index is 592. The van der Waals surface area contributed by atoms with Gasteiger partial charge in [0, 0.05) is 35.3 Å². The summed E-state index contributed by atoms with van der Waals surface area (Å²) in [7, 11) is 0. The zero-order valence-corrected chi connectivity index (χ0v) is 11.9. The van der Waals surface area contributed by atoms with E-state index in [9.17, 15) is 4.79 Å². The van der Waals surface area contributed by atoms with Crippen molar-refractivity contribution in [1.82, 2.24) is 4.98 Å². The molecule has 1 aromatic heterocycles. The topological polar surface area (TPSA) is 68.0 Å². The van der Waals surface area contributed by atoms with Crippen LogP contribution in [0.5, 0.6) is 0 Å². The van der Waals surface area contributed by atoms with Crippen LogP contribution in [0, 0.1) is 6.92 Å². The van der Waals surface area contributed by atoms with Gasteiger partial charge in [-0.1, -0.05) is 0 Å². The second-order valence-corrected chi connectivity index (χ2v) is 5.46. The van der Waals surface area contributed by atoms with Crippen LogP contribution in [0.1, 0.15) is 28.0 Å². The first-order valence-corrected chi connectivity index (χ1v) is 6.99. The molecule has 5 heteroatoms. The van der Waals surface area contributed by atoms with Crippen LogP contribution in [0.25, 0.3) is 0 Å². The number of nitrogen functional groups attached to an aromatic ring is 1. The Morgan fingerprint density at radius 2 is 2.26 bits per heavy atom. The van der Waals surface area contributed by atoms with E-state index in [1.165, 1.54) is 6.92 Å². The molecule has 4 nitrogen and oxygen atoms in total. The maximum absolute atomic E-state index is 11.4. The molecule has 1 aromatic carbocycles. The van der Waals surface area contributed by atoms with Crippen molar-refractivity contribution in [3.63, 3.8) is 0 Å². The number of aromatic nitrogens is 1. The smallest absolute Gasteiger partial charge is 0.161 e. The number of carbonyl (C=O) groups excluding carboxylic acids is 1. The SMILES string of the molecule is CC(=O)c1cc(NCCc2csc(C)n2)ccc1N. The molecule has 0 aliphatic heterocycles. The van der Waals surface area contributed by atoms with Gasteiger partial charge in [-0.25, -0.2) is 4.98 Å². The molecule has 2 rings (SSSR count). The van der Waals surface area contributed by atoms with E-state index in [-0.39, 0.29) is 5.78 Å². The Kier molecular flexibility index (Phi) is 4.16. The average Bonchev–Trinajstić information content (AvgIpc) is 2.77. The number of benzene rings is 1. The van der Waals surface area contributed by atoms with Crippen LogP contribution in [0.2, 0.25) is 0 Å². The van der Waals surface area contributed by atoms with Crippen molar-refractivity contribution >= 4 is 28.5 Å². The summed E-state index contributed by atoms with van der Waals surface area (Å²) in [6.45, 7) is 4.30. The highest BCUT2D eigenvalue weighted by Gasteiger charge is 2.05. The normalized spacial score (nSPS) is 10.4. The number of nitrogens with one attached hydrogen (secondary N) is 1. The van der Waals surface area contributed by atoms with Crippen LogP contribution in [0.3, 0.4) is 0 Å². The summed E-state index contributed by atoms with van der Waals surface area (Å²) in [5.74, 6) is -0.0173. The van der Waals surface area contributed by atoms with Gasteiger partial charge >= 0.3 is 0 Å². The number of carbonyl (C=O) groups is 1. The molecule has 3 N–H and O–H groups in total. The van der Waals surface area contributed by atoms with Crippen LogP contribution in [0.4, 0.5) is 11.4 Å². The van der Waals surface area contributed by atoms with E-state index in [0.717, 1.165) is 29.4 Å². The summed E-state index contributed by atoms with van der Waals surface area (Å²) in [5.41, 5.74) is 8.84. The maximum atomic E-state index is 11.4. The van der Waals surface area contributed by atoms with Gasteiger partial charge in [0.15, 0.2) is 5.78 Å². The van der Waals surface area contributed by atoms with Crippen molar-refractivity contribution in [3.05, 3.63) is 39.8 Å². The van der Waals surface area contributed by atoms with Gasteiger partial charge in [-0.05, 0) is 32.0 Å². The highest BCUT2D eigenvalue weighted by Crippen LogP contribution is 2.18. The number of anilines is 2. The molecule has 0 amide bonds. The number of hydrogen-bond donors (Lipinski definition) is 2. The minimum absolute atomic E-state index is 0.0173. The predicted molar refractivity (Wildman–Crippen MR) is 79.9 cm³/mol. The van der Waals surface area contributed by atoms with Gasteiger partial charge < -0.3 is 11.1 Å². The molecule has 2 aromatic rings. The molecule has 0 saturated heterocycles. The van der Waals surface area contributed by atoms with Crippen LogP contribution in [-0.2, 0) is 6.42 Å².